The van der Waals surface area contributed by atoms with Crippen LogP contribution in [0.4, 0.5) is 0 Å². The third-order valence-corrected chi connectivity index (χ3v) is 5.77. The molecule has 1 fully saturated rings. The van der Waals surface area contributed by atoms with Crippen LogP contribution in [0.25, 0.3) is 0 Å². The number of thiazole rings is 1. The van der Waals surface area contributed by atoms with Gasteiger partial charge < -0.3 is 0 Å². The minimum absolute atomic E-state index is 0.131. The molecule has 1 aromatic heterocycles. The van der Waals surface area contributed by atoms with Crippen molar-refractivity contribution < 1.29 is 13.2 Å². The smallest absolute Gasteiger partial charge is 0.150 e. The molecule has 0 unspecified atom stereocenters. The first-order valence-electron chi connectivity index (χ1n) is 5.61. The second-order valence-corrected chi connectivity index (χ2v) is 7.92. The van der Waals surface area contributed by atoms with Crippen molar-refractivity contribution in [2.45, 2.75) is 32.1 Å². The maximum atomic E-state index is 11.3. The average molecular weight is 273 g/mol. The molecule has 4 nitrogen and oxygen atoms in total. The van der Waals surface area contributed by atoms with E-state index in [0.717, 1.165) is 9.88 Å². The van der Waals surface area contributed by atoms with Gasteiger partial charge in [0.2, 0.25) is 0 Å². The van der Waals surface area contributed by atoms with Crippen LogP contribution in [0.2, 0.25) is 0 Å². The molecule has 0 radical (unpaired) electrons. The number of sulfone groups is 1. The first-order valence-corrected chi connectivity index (χ1v) is 8.24. The van der Waals surface area contributed by atoms with E-state index in [2.05, 4.69) is 4.98 Å². The van der Waals surface area contributed by atoms with Gasteiger partial charge in [-0.15, -0.1) is 11.3 Å². The number of rotatable bonds is 3. The van der Waals surface area contributed by atoms with Crippen molar-refractivity contribution in [1.82, 2.24) is 4.98 Å². The van der Waals surface area contributed by atoms with Crippen molar-refractivity contribution in [3.05, 3.63) is 16.1 Å². The van der Waals surface area contributed by atoms with Crippen LogP contribution in [-0.2, 0) is 21.1 Å². The highest BCUT2D eigenvalue weighted by atomic mass is 32.2. The summed E-state index contributed by atoms with van der Waals surface area (Å²) in [5.74, 6) is 0.911. The second-order valence-electron chi connectivity index (χ2n) is 4.47. The molecule has 2 heterocycles. The summed E-state index contributed by atoms with van der Waals surface area (Å²) in [6, 6.07) is 0. The Bertz CT molecular complexity index is 505. The number of aromatic nitrogens is 1. The molecular formula is C11H15NO3S2. The summed E-state index contributed by atoms with van der Waals surface area (Å²) in [4.78, 5) is 16.3. The second kappa shape index (κ2) is 4.86. The molecule has 0 spiro atoms. The molecule has 0 bridgehead atoms. The Hall–Kier alpha value is -0.750. The maximum Gasteiger partial charge on any atom is 0.150 e. The highest BCUT2D eigenvalue weighted by Crippen LogP contribution is 2.31. The van der Waals surface area contributed by atoms with E-state index in [0.29, 0.717) is 19.3 Å². The van der Waals surface area contributed by atoms with Crippen molar-refractivity contribution in [2.75, 3.05) is 11.5 Å². The van der Waals surface area contributed by atoms with Gasteiger partial charge in [0.15, 0.2) is 0 Å². The zero-order valence-corrected chi connectivity index (χ0v) is 11.3. The minimum atomic E-state index is -2.81. The van der Waals surface area contributed by atoms with E-state index in [1.807, 2.05) is 0 Å². The topological polar surface area (TPSA) is 64.1 Å². The lowest BCUT2D eigenvalue weighted by Gasteiger charge is -2.19. The van der Waals surface area contributed by atoms with Crippen LogP contribution in [0.3, 0.4) is 0 Å². The van der Waals surface area contributed by atoms with Crippen molar-refractivity contribution in [3.63, 3.8) is 0 Å². The van der Waals surface area contributed by atoms with Gasteiger partial charge in [-0.3, -0.25) is 4.79 Å². The molecular weight excluding hydrogens is 258 g/mol. The van der Waals surface area contributed by atoms with Crippen LogP contribution < -0.4 is 0 Å². The number of hydrogen-bond donors (Lipinski definition) is 0. The predicted molar refractivity (Wildman–Crippen MR) is 67.1 cm³/mol. The summed E-state index contributed by atoms with van der Waals surface area (Å²) >= 11 is 1.54. The van der Waals surface area contributed by atoms with Crippen LogP contribution >= 0.6 is 11.3 Å². The lowest BCUT2D eigenvalue weighted by atomic mass is 10.0. The van der Waals surface area contributed by atoms with Crippen LogP contribution in [0.15, 0.2) is 6.20 Å². The molecule has 1 aromatic rings. The van der Waals surface area contributed by atoms with Gasteiger partial charge in [0.1, 0.15) is 15.6 Å². The molecule has 1 saturated heterocycles. The normalized spacial score (nSPS) is 20.3. The summed E-state index contributed by atoms with van der Waals surface area (Å²) in [5, 5.41) is 0.983. The number of carbonyl (C=O) groups is 1. The Kier molecular flexibility index (Phi) is 3.63. The van der Waals surface area contributed by atoms with E-state index in [4.69, 9.17) is 0 Å². The molecule has 0 atom stereocenters. The average Bonchev–Trinajstić information content (AvgIpc) is 2.65. The Labute approximate surface area is 105 Å². The van der Waals surface area contributed by atoms with E-state index in [1.54, 1.807) is 24.5 Å². The fourth-order valence-electron chi connectivity index (χ4n) is 1.98. The van der Waals surface area contributed by atoms with Gasteiger partial charge in [-0.2, -0.15) is 0 Å². The molecule has 1 aliphatic heterocycles. The number of nitrogens with zero attached hydrogens (tertiary/aromatic N) is 1. The summed E-state index contributed by atoms with van der Waals surface area (Å²) < 4.78 is 22.6. The number of carbonyl (C=O) groups excluding carboxylic acids is 1. The van der Waals surface area contributed by atoms with Crippen LogP contribution in [0.1, 0.15) is 35.6 Å². The lowest BCUT2D eigenvalue weighted by molar-refractivity contribution is -0.116. The van der Waals surface area contributed by atoms with Crippen molar-refractivity contribution in [3.8, 4) is 0 Å². The van der Waals surface area contributed by atoms with Gasteiger partial charge in [0.25, 0.3) is 0 Å². The van der Waals surface area contributed by atoms with Gasteiger partial charge in [0.05, 0.1) is 16.5 Å². The Morgan fingerprint density at radius 3 is 2.71 bits per heavy atom. The minimum Gasteiger partial charge on any atom is -0.300 e. The Morgan fingerprint density at radius 1 is 1.47 bits per heavy atom. The van der Waals surface area contributed by atoms with Crippen molar-refractivity contribution in [2.24, 2.45) is 0 Å². The third kappa shape index (κ3) is 3.35. The van der Waals surface area contributed by atoms with Gasteiger partial charge >= 0.3 is 0 Å². The molecule has 0 saturated carbocycles. The highest BCUT2D eigenvalue weighted by Gasteiger charge is 2.26. The summed E-state index contributed by atoms with van der Waals surface area (Å²) in [5.41, 5.74) is 0. The largest absolute Gasteiger partial charge is 0.300 e. The molecule has 17 heavy (non-hydrogen) atoms. The molecule has 6 heteroatoms. The zero-order chi connectivity index (χ0) is 12.5. The van der Waals surface area contributed by atoms with Crippen molar-refractivity contribution >= 4 is 27.0 Å². The van der Waals surface area contributed by atoms with Gasteiger partial charge in [-0.1, -0.05) is 0 Å². The summed E-state index contributed by atoms with van der Waals surface area (Å²) in [6.07, 6.45) is 3.50. The van der Waals surface area contributed by atoms with Crippen LogP contribution in [0, 0.1) is 0 Å². The van der Waals surface area contributed by atoms with Gasteiger partial charge in [-0.05, 0) is 19.8 Å². The summed E-state index contributed by atoms with van der Waals surface area (Å²) in [6.45, 7) is 1.56. The molecule has 1 aliphatic rings. The van der Waals surface area contributed by atoms with Crippen LogP contribution in [-0.4, -0.2) is 30.7 Å². The highest BCUT2D eigenvalue weighted by molar-refractivity contribution is 7.91. The molecule has 0 N–H and O–H groups in total. The molecule has 94 valence electrons. The molecule has 2 rings (SSSR count). The third-order valence-electron chi connectivity index (χ3n) is 2.90. The number of ketones is 1. The number of hydrogen-bond acceptors (Lipinski definition) is 5. The fraction of sp³-hybridized carbons (Fsp3) is 0.636. The molecule has 0 aliphatic carbocycles. The van der Waals surface area contributed by atoms with E-state index >= 15 is 0 Å². The van der Waals surface area contributed by atoms with E-state index in [1.165, 1.54) is 0 Å². The zero-order valence-electron chi connectivity index (χ0n) is 9.68. The standard InChI is InChI=1S/C11H15NO3S2/c1-8(13)6-10-7-12-11(16-10)9-2-4-17(14,15)5-3-9/h7,9H,2-6H2,1H3. The number of Topliss-reactive ketones (excluding diaryl/α,β-unsaturated/α-hetero) is 1. The molecule has 0 amide bonds. The Morgan fingerprint density at radius 2 is 2.12 bits per heavy atom. The van der Waals surface area contributed by atoms with E-state index in [9.17, 15) is 13.2 Å². The molecule has 0 aromatic carbocycles. The quantitative estimate of drug-likeness (QED) is 0.838. The predicted octanol–water partition coefficient (Wildman–Crippen LogP) is 1.57. The monoisotopic (exact) mass is 273 g/mol. The van der Waals surface area contributed by atoms with Crippen molar-refractivity contribution in [1.29, 1.82) is 0 Å². The summed E-state index contributed by atoms with van der Waals surface area (Å²) in [7, 11) is -2.81. The van der Waals surface area contributed by atoms with E-state index in [-0.39, 0.29) is 23.2 Å². The van der Waals surface area contributed by atoms with Crippen LogP contribution in [0.5, 0.6) is 0 Å². The van der Waals surface area contributed by atoms with Gasteiger partial charge in [-0.25, -0.2) is 13.4 Å². The first kappa shape index (κ1) is 12.7. The Balaban J connectivity index is 2.04. The van der Waals surface area contributed by atoms with E-state index < -0.39 is 9.84 Å². The SMILES string of the molecule is CC(=O)Cc1cnc(C2CCS(=O)(=O)CC2)s1. The lowest BCUT2D eigenvalue weighted by Crippen LogP contribution is -2.21. The van der Waals surface area contributed by atoms with Gasteiger partial charge in [0, 0.05) is 23.4 Å². The first-order chi connectivity index (χ1) is 7.96. The fourth-order valence-corrected chi connectivity index (χ4v) is 4.62. The maximum absolute atomic E-state index is 11.3.